The van der Waals surface area contributed by atoms with Crippen molar-refractivity contribution in [2.24, 2.45) is 0 Å². The van der Waals surface area contributed by atoms with Crippen molar-refractivity contribution < 1.29 is 9.59 Å². The second kappa shape index (κ2) is 7.04. The van der Waals surface area contributed by atoms with E-state index in [1.807, 2.05) is 18.2 Å². The van der Waals surface area contributed by atoms with Crippen molar-refractivity contribution in [1.82, 2.24) is 5.32 Å². The molecule has 17 heavy (non-hydrogen) atoms. The molecule has 0 bridgehead atoms. The summed E-state index contributed by atoms with van der Waals surface area (Å²) in [5.74, 6) is 0.235. The van der Waals surface area contributed by atoms with Crippen LogP contribution in [0.25, 0.3) is 0 Å². The highest BCUT2D eigenvalue weighted by molar-refractivity contribution is 8.03. The van der Waals surface area contributed by atoms with Gasteiger partial charge in [-0.1, -0.05) is 42.5 Å². The van der Waals surface area contributed by atoms with E-state index in [9.17, 15) is 9.59 Å². The van der Waals surface area contributed by atoms with Gasteiger partial charge in [0.2, 0.25) is 5.78 Å². The molecular weight excluding hydrogens is 234 g/mol. The zero-order chi connectivity index (χ0) is 12.7. The van der Waals surface area contributed by atoms with Crippen LogP contribution < -0.4 is 5.32 Å². The molecule has 1 fully saturated rings. The summed E-state index contributed by atoms with van der Waals surface area (Å²) in [5, 5.41) is 2.84. The highest BCUT2D eigenvalue weighted by Crippen LogP contribution is 2.22. The van der Waals surface area contributed by atoms with E-state index in [0.29, 0.717) is 12.2 Å². The van der Waals surface area contributed by atoms with Crippen molar-refractivity contribution in [2.75, 3.05) is 5.88 Å². The van der Waals surface area contributed by atoms with Gasteiger partial charge in [0.05, 0.1) is 0 Å². The summed E-state index contributed by atoms with van der Waals surface area (Å²) in [6.45, 7) is 5.71. The number of benzene rings is 1. The van der Waals surface area contributed by atoms with Gasteiger partial charge in [0, 0.05) is 10.8 Å². The highest BCUT2D eigenvalue weighted by atomic mass is 32.2. The Balaban J connectivity index is 0.000000181. The van der Waals surface area contributed by atoms with Gasteiger partial charge in [-0.25, -0.2) is 0 Å². The summed E-state index contributed by atoms with van der Waals surface area (Å²) in [5.41, 5.74) is 1.32. The molecule has 1 aromatic carbocycles. The van der Waals surface area contributed by atoms with Crippen molar-refractivity contribution >= 4 is 23.8 Å². The molecular formula is C13H15NO2S. The first kappa shape index (κ1) is 13.7. The normalized spacial score (nSPS) is 18.2. The topological polar surface area (TPSA) is 46.2 Å². The molecule has 1 aliphatic heterocycles. The average molecular weight is 249 g/mol. The molecule has 1 aromatic rings. The van der Waals surface area contributed by atoms with Gasteiger partial charge in [0.15, 0.2) is 6.29 Å². The van der Waals surface area contributed by atoms with Crippen molar-refractivity contribution in [3.63, 3.8) is 0 Å². The van der Waals surface area contributed by atoms with Crippen molar-refractivity contribution in [2.45, 2.75) is 13.0 Å². The van der Waals surface area contributed by atoms with Crippen LogP contribution in [-0.2, 0) is 9.59 Å². The Hall–Kier alpha value is -1.39. The lowest BCUT2D eigenvalue weighted by Gasteiger charge is -2.02. The fraction of sp³-hybridized carbons (Fsp3) is 0.231. The van der Waals surface area contributed by atoms with Crippen LogP contribution in [0.15, 0.2) is 41.8 Å². The smallest absolute Gasteiger partial charge is 0.217 e. The molecule has 1 heterocycles. The van der Waals surface area contributed by atoms with Crippen LogP contribution in [0.4, 0.5) is 0 Å². The van der Waals surface area contributed by atoms with E-state index in [1.54, 1.807) is 0 Å². The molecule has 0 radical (unpaired) electrons. The minimum absolute atomic E-state index is 0.328. The van der Waals surface area contributed by atoms with E-state index in [4.69, 9.17) is 0 Å². The maximum Gasteiger partial charge on any atom is 0.217 e. The Bertz CT molecular complexity index is 403. The lowest BCUT2D eigenvalue weighted by atomic mass is 10.2. The molecule has 0 amide bonds. The molecule has 0 saturated carbocycles. The molecule has 0 aliphatic carbocycles. The first-order chi connectivity index (χ1) is 8.15. The number of aryl methyl sites for hydroxylation is 1. The van der Waals surface area contributed by atoms with Gasteiger partial charge >= 0.3 is 0 Å². The number of rotatable bonds is 2. The van der Waals surface area contributed by atoms with Crippen LogP contribution in [0.3, 0.4) is 0 Å². The lowest BCUT2D eigenvalue weighted by Crippen LogP contribution is -2.32. The fourth-order valence-electron chi connectivity index (χ4n) is 1.28. The number of thioether (sulfide) groups is 1. The van der Waals surface area contributed by atoms with Crippen LogP contribution in [-0.4, -0.2) is 24.0 Å². The van der Waals surface area contributed by atoms with Gasteiger partial charge < -0.3 is 0 Å². The molecule has 1 atom stereocenters. The summed E-state index contributed by atoms with van der Waals surface area (Å²) in [4.78, 5) is 21.5. The maximum absolute atomic E-state index is 10.7. The lowest BCUT2D eigenvalue weighted by molar-refractivity contribution is -0.130. The van der Waals surface area contributed by atoms with Gasteiger partial charge in [0.1, 0.15) is 6.04 Å². The van der Waals surface area contributed by atoms with E-state index in [2.05, 4.69) is 31.0 Å². The summed E-state index contributed by atoms with van der Waals surface area (Å²) < 4.78 is 0. The zero-order valence-electron chi connectivity index (χ0n) is 9.68. The first-order valence-corrected chi connectivity index (χ1v) is 6.19. The monoisotopic (exact) mass is 249 g/mol. The Kier molecular flexibility index (Phi) is 5.66. The van der Waals surface area contributed by atoms with Crippen molar-refractivity contribution in [3.8, 4) is 0 Å². The molecule has 0 aromatic heterocycles. The number of carbonyl (C=O) groups excluding carboxylic acids is 2. The van der Waals surface area contributed by atoms with Gasteiger partial charge in [-0.15, -0.1) is 11.8 Å². The van der Waals surface area contributed by atoms with E-state index < -0.39 is 11.8 Å². The highest BCUT2D eigenvalue weighted by Gasteiger charge is 2.25. The second-order valence-electron chi connectivity index (χ2n) is 3.57. The standard InChI is InChI=1S/C7H8.C6H7NO2S/c1-7-5-3-2-4-6-7;1-4-6(5(9)2-8)7-3-10-4/h2-6H,1H3;2,6-7H,1,3H2. The third kappa shape index (κ3) is 4.54. The number of Topliss-reactive ketones (excluding diaryl/α,β-unsaturated/α-hetero) is 1. The third-order valence-electron chi connectivity index (χ3n) is 2.21. The van der Waals surface area contributed by atoms with Gasteiger partial charge in [0.25, 0.3) is 0 Å². The molecule has 1 N–H and O–H groups in total. The SMILES string of the molecule is C=C1SCNC1C(=O)C=O.Cc1ccccc1. The molecule has 1 unspecified atom stereocenters. The Morgan fingerprint density at radius 3 is 2.47 bits per heavy atom. The van der Waals surface area contributed by atoms with Crippen LogP contribution in [0.1, 0.15) is 5.56 Å². The van der Waals surface area contributed by atoms with E-state index >= 15 is 0 Å². The van der Waals surface area contributed by atoms with Crippen LogP contribution in [0.5, 0.6) is 0 Å². The number of ketones is 1. The van der Waals surface area contributed by atoms with Gasteiger partial charge in [-0.05, 0) is 6.92 Å². The molecule has 3 nitrogen and oxygen atoms in total. The summed E-state index contributed by atoms with van der Waals surface area (Å²) in [6.07, 6.45) is 0.328. The van der Waals surface area contributed by atoms with E-state index in [1.165, 1.54) is 17.3 Å². The fourth-order valence-corrected chi connectivity index (χ4v) is 2.08. The van der Waals surface area contributed by atoms with Crippen molar-refractivity contribution in [3.05, 3.63) is 47.4 Å². The number of carbonyl (C=O) groups is 2. The van der Waals surface area contributed by atoms with Crippen LogP contribution in [0, 0.1) is 6.92 Å². The zero-order valence-corrected chi connectivity index (χ0v) is 10.5. The Labute approximate surface area is 105 Å². The van der Waals surface area contributed by atoms with Crippen LogP contribution in [0.2, 0.25) is 0 Å². The van der Waals surface area contributed by atoms with Crippen LogP contribution >= 0.6 is 11.8 Å². The summed E-state index contributed by atoms with van der Waals surface area (Å²) in [7, 11) is 0. The minimum Gasteiger partial charge on any atom is -0.295 e. The quantitative estimate of drug-likeness (QED) is 0.642. The average Bonchev–Trinajstić information content (AvgIpc) is 2.76. The summed E-state index contributed by atoms with van der Waals surface area (Å²) in [6, 6.07) is 9.82. The molecule has 1 aliphatic rings. The molecule has 2 rings (SSSR count). The van der Waals surface area contributed by atoms with Gasteiger partial charge in [-0.3, -0.25) is 14.9 Å². The molecule has 90 valence electrons. The predicted octanol–water partition coefficient (Wildman–Crippen LogP) is 1.93. The minimum atomic E-state index is -0.442. The number of hydrogen-bond donors (Lipinski definition) is 1. The Morgan fingerprint density at radius 2 is 2.12 bits per heavy atom. The van der Waals surface area contributed by atoms with Crippen molar-refractivity contribution in [1.29, 1.82) is 0 Å². The Morgan fingerprint density at radius 1 is 1.47 bits per heavy atom. The molecule has 4 heteroatoms. The molecule has 0 spiro atoms. The second-order valence-corrected chi connectivity index (χ2v) is 4.67. The molecule has 1 saturated heterocycles. The number of aldehydes is 1. The van der Waals surface area contributed by atoms with Gasteiger partial charge in [-0.2, -0.15) is 0 Å². The number of hydrogen-bond acceptors (Lipinski definition) is 4. The largest absolute Gasteiger partial charge is 0.295 e. The first-order valence-electron chi connectivity index (χ1n) is 5.21. The van der Waals surface area contributed by atoms with E-state index in [-0.39, 0.29) is 0 Å². The third-order valence-corrected chi connectivity index (χ3v) is 3.13. The summed E-state index contributed by atoms with van der Waals surface area (Å²) >= 11 is 1.46. The maximum atomic E-state index is 10.7. The number of nitrogens with one attached hydrogen (secondary N) is 1. The predicted molar refractivity (Wildman–Crippen MR) is 70.8 cm³/mol. The van der Waals surface area contributed by atoms with E-state index in [0.717, 1.165) is 4.91 Å².